The van der Waals surface area contributed by atoms with E-state index in [1.165, 1.54) is 5.56 Å². The number of anilines is 1. The van der Waals surface area contributed by atoms with E-state index >= 15 is 14.4 Å². The molecule has 11 heteroatoms. The molecule has 11 nitrogen and oxygen atoms in total. The Morgan fingerprint density at radius 2 is 1.58 bits per heavy atom. The Morgan fingerprint density at radius 1 is 0.859 bits per heavy atom. The fraction of sp³-hybridized carbons (Fsp3) is 0.245. The number of nitrogens with one attached hydrogen (secondary N) is 2. The van der Waals surface area contributed by atoms with Gasteiger partial charge in [0.1, 0.15) is 29.9 Å². The molecule has 3 N–H and O–H groups in total. The molecule has 9 rings (SSSR count). The van der Waals surface area contributed by atoms with Crippen LogP contribution in [-0.4, -0.2) is 77.1 Å². The van der Waals surface area contributed by atoms with Gasteiger partial charge in [0, 0.05) is 42.7 Å². The van der Waals surface area contributed by atoms with Crippen molar-refractivity contribution in [3.8, 4) is 17.6 Å². The molecule has 2 fully saturated rings. The summed E-state index contributed by atoms with van der Waals surface area (Å²) in [5.41, 5.74) is 4.28. The quantitative estimate of drug-likeness (QED) is 0.0873. The Kier molecular flexibility index (Phi) is 12.3. The minimum atomic E-state index is -1.69. The highest BCUT2D eigenvalue weighted by Gasteiger charge is 2.74. The van der Waals surface area contributed by atoms with E-state index in [1.807, 2.05) is 141 Å². The van der Waals surface area contributed by atoms with Gasteiger partial charge < -0.3 is 25.2 Å². The topological polar surface area (TPSA) is 133 Å². The zero-order valence-electron chi connectivity index (χ0n) is 35.5. The Morgan fingerprint density at radius 3 is 2.31 bits per heavy atom. The summed E-state index contributed by atoms with van der Waals surface area (Å²) in [5.74, 6) is 4.36. The first-order chi connectivity index (χ1) is 31.4. The van der Waals surface area contributed by atoms with E-state index in [2.05, 4.69) is 49.4 Å². The van der Waals surface area contributed by atoms with Crippen LogP contribution < -0.4 is 15.4 Å². The molecular weight excluding hydrogens is 803 g/mol. The molecule has 1 aromatic heterocycles. The predicted octanol–water partition coefficient (Wildman–Crippen LogP) is 6.57. The van der Waals surface area contributed by atoms with Crippen molar-refractivity contribution in [3.63, 3.8) is 0 Å². The molecule has 2 saturated heterocycles. The second kappa shape index (κ2) is 18.7. The standard InChI is InChI=1S/C53H49N5O6/c1-57(35-37-15-5-2-6-16-37)30-14-17-36-25-26-44-43(33-36)53(52(62)56-44)45(50(60)55-29-27-41-23-11-12-28-54-41)47-51(61)64-48(39-20-9-4-10-21-39)46(38-18-7-3-8-19-38)58(47)49(53)40-22-13-24-42(34-40)63-32-31-59/h2-13,15-16,18-26,28,33-34,45-49,59H,27,29-32,35H2,1H3,(H,55,60)(H,56,62). The summed E-state index contributed by atoms with van der Waals surface area (Å²) in [6.45, 7) is 1.27. The number of esters is 1. The number of carbonyl (C=O) groups is 3. The number of aliphatic hydroxyl groups excluding tert-OH is 1. The number of carbonyl (C=O) groups excluding carboxylic acids is 3. The Hall–Kier alpha value is -7.10. The Labute approximate surface area is 373 Å². The first kappa shape index (κ1) is 42.2. The lowest BCUT2D eigenvalue weighted by Crippen LogP contribution is -2.55. The maximum absolute atomic E-state index is 15.6. The van der Waals surface area contributed by atoms with Gasteiger partial charge in [-0.25, -0.2) is 0 Å². The van der Waals surface area contributed by atoms with Crippen molar-refractivity contribution in [1.82, 2.24) is 20.1 Å². The van der Waals surface area contributed by atoms with Crippen molar-refractivity contribution in [2.75, 3.05) is 38.7 Å². The number of hydrogen-bond acceptors (Lipinski definition) is 9. The minimum absolute atomic E-state index is 0.0494. The number of fused-ring (bicyclic) bond motifs is 3. The molecule has 0 saturated carbocycles. The van der Waals surface area contributed by atoms with E-state index in [-0.39, 0.29) is 19.8 Å². The second-order valence-corrected chi connectivity index (χ2v) is 16.4. The average molecular weight is 852 g/mol. The van der Waals surface area contributed by atoms with E-state index in [0.717, 1.165) is 23.4 Å². The highest BCUT2D eigenvalue weighted by molar-refractivity contribution is 6.12. The smallest absolute Gasteiger partial charge is 0.324 e. The summed E-state index contributed by atoms with van der Waals surface area (Å²) in [6.07, 6.45) is 1.33. The van der Waals surface area contributed by atoms with Crippen LogP contribution in [0.2, 0.25) is 0 Å². The summed E-state index contributed by atoms with van der Waals surface area (Å²) >= 11 is 0. The molecule has 0 aliphatic carbocycles. The van der Waals surface area contributed by atoms with Gasteiger partial charge in [-0.05, 0) is 77.3 Å². The minimum Gasteiger partial charge on any atom is -0.491 e. The summed E-state index contributed by atoms with van der Waals surface area (Å²) in [6, 6.07) is 45.4. The van der Waals surface area contributed by atoms with Crippen molar-refractivity contribution >= 4 is 23.5 Å². The lowest BCUT2D eigenvalue weighted by atomic mass is 9.65. The summed E-state index contributed by atoms with van der Waals surface area (Å²) < 4.78 is 12.5. The first-order valence-corrected chi connectivity index (χ1v) is 21.6. The number of rotatable bonds is 13. The van der Waals surface area contributed by atoms with Gasteiger partial charge in [-0.1, -0.05) is 121 Å². The van der Waals surface area contributed by atoms with Crippen LogP contribution in [0.5, 0.6) is 5.75 Å². The van der Waals surface area contributed by atoms with Crippen LogP contribution in [0.15, 0.2) is 158 Å². The zero-order valence-corrected chi connectivity index (χ0v) is 35.5. The molecule has 6 atom stereocenters. The third-order valence-electron chi connectivity index (χ3n) is 12.4. The van der Waals surface area contributed by atoms with E-state index in [1.54, 1.807) is 12.3 Å². The van der Waals surface area contributed by atoms with Gasteiger partial charge in [0.15, 0.2) is 0 Å². The lowest BCUT2D eigenvalue weighted by Gasteiger charge is -2.46. The largest absolute Gasteiger partial charge is 0.491 e. The van der Waals surface area contributed by atoms with Gasteiger partial charge >= 0.3 is 5.97 Å². The molecule has 4 heterocycles. The lowest BCUT2D eigenvalue weighted by molar-refractivity contribution is -0.178. The molecule has 322 valence electrons. The molecule has 2 amide bonds. The van der Waals surface area contributed by atoms with Crippen molar-refractivity contribution in [2.24, 2.45) is 5.92 Å². The molecule has 0 radical (unpaired) electrons. The van der Waals surface area contributed by atoms with Crippen molar-refractivity contribution in [2.45, 2.75) is 42.6 Å². The molecule has 1 spiro atoms. The normalized spacial score (nSPS) is 22.2. The van der Waals surface area contributed by atoms with Gasteiger partial charge in [0.25, 0.3) is 0 Å². The van der Waals surface area contributed by atoms with Gasteiger partial charge in [0.05, 0.1) is 31.2 Å². The van der Waals surface area contributed by atoms with Crippen LogP contribution in [-0.2, 0) is 37.5 Å². The monoisotopic (exact) mass is 851 g/mol. The van der Waals surface area contributed by atoms with Gasteiger partial charge in [-0.15, -0.1) is 0 Å². The van der Waals surface area contributed by atoms with E-state index in [9.17, 15) is 5.11 Å². The van der Waals surface area contributed by atoms with Gasteiger partial charge in [-0.3, -0.25) is 29.2 Å². The first-order valence-electron chi connectivity index (χ1n) is 21.6. The van der Waals surface area contributed by atoms with Crippen LogP contribution >= 0.6 is 0 Å². The van der Waals surface area contributed by atoms with E-state index in [0.29, 0.717) is 41.1 Å². The third-order valence-corrected chi connectivity index (χ3v) is 12.4. The summed E-state index contributed by atoms with van der Waals surface area (Å²) in [7, 11) is 2.02. The van der Waals surface area contributed by atoms with Gasteiger partial charge in [0.2, 0.25) is 11.8 Å². The SMILES string of the molecule is CN(CC#Cc1ccc2c(c1)C1(C(=O)N2)C(C(=O)NCCc2ccccn2)C2C(=O)OC(c3ccccc3)C(c3ccccc3)N2C1c1cccc(OCCO)c1)Cc1ccccc1. The number of morpholine rings is 1. The number of hydrogen-bond donors (Lipinski definition) is 3. The maximum atomic E-state index is 15.6. The van der Waals surface area contributed by atoms with Crippen molar-refractivity contribution in [3.05, 3.63) is 197 Å². The van der Waals surface area contributed by atoms with Gasteiger partial charge in [-0.2, -0.15) is 0 Å². The van der Waals surface area contributed by atoms with Crippen LogP contribution in [0.3, 0.4) is 0 Å². The maximum Gasteiger partial charge on any atom is 0.324 e. The average Bonchev–Trinajstić information content (AvgIpc) is 3.80. The molecule has 64 heavy (non-hydrogen) atoms. The van der Waals surface area contributed by atoms with Crippen molar-refractivity contribution in [1.29, 1.82) is 0 Å². The highest BCUT2D eigenvalue weighted by atomic mass is 16.6. The number of ether oxygens (including phenoxy) is 2. The molecule has 0 bridgehead atoms. The number of aromatic nitrogens is 1. The molecule has 6 aromatic rings. The fourth-order valence-electron chi connectivity index (χ4n) is 9.81. The Balaban J connectivity index is 1.23. The summed E-state index contributed by atoms with van der Waals surface area (Å²) in [4.78, 5) is 54.7. The van der Waals surface area contributed by atoms with Crippen LogP contribution in [0.4, 0.5) is 5.69 Å². The molecule has 3 aliphatic rings. The number of nitrogens with zero attached hydrogens (tertiary/aromatic N) is 3. The number of benzene rings is 5. The molecule has 6 unspecified atom stereocenters. The fourth-order valence-corrected chi connectivity index (χ4v) is 9.81. The van der Waals surface area contributed by atoms with Crippen LogP contribution in [0.25, 0.3) is 0 Å². The van der Waals surface area contributed by atoms with E-state index < -0.39 is 53.3 Å². The van der Waals surface area contributed by atoms with Crippen molar-refractivity contribution < 1.29 is 29.0 Å². The van der Waals surface area contributed by atoms with E-state index in [4.69, 9.17) is 9.47 Å². The highest BCUT2D eigenvalue weighted by Crippen LogP contribution is 2.65. The van der Waals surface area contributed by atoms with Crippen LogP contribution in [0, 0.1) is 17.8 Å². The molecular formula is C53H49N5O6. The summed E-state index contributed by atoms with van der Waals surface area (Å²) in [5, 5.41) is 16.0. The number of cyclic esters (lactones) is 1. The number of aliphatic hydroxyl groups is 1. The molecule has 3 aliphatic heterocycles. The molecule has 5 aromatic carbocycles. The second-order valence-electron chi connectivity index (χ2n) is 16.4. The number of pyridine rings is 1. The zero-order chi connectivity index (χ0) is 44.0. The predicted molar refractivity (Wildman–Crippen MR) is 243 cm³/mol. The third kappa shape index (κ3) is 8.15. The van der Waals surface area contributed by atoms with Crippen LogP contribution in [0.1, 0.15) is 57.3 Å². The Bertz CT molecular complexity index is 2670. The number of amides is 2.